The van der Waals surface area contributed by atoms with Crippen molar-refractivity contribution in [3.05, 3.63) is 36.0 Å². The van der Waals surface area contributed by atoms with E-state index >= 15 is 0 Å². The molecule has 0 amide bonds. The van der Waals surface area contributed by atoms with E-state index in [0.29, 0.717) is 12.8 Å². The number of aliphatic hydroxyl groups excluding tert-OH is 1. The van der Waals surface area contributed by atoms with Crippen LogP contribution in [0.15, 0.2) is 36.0 Å². The molecule has 0 unspecified atom stereocenters. The van der Waals surface area contributed by atoms with Crippen molar-refractivity contribution in [2.45, 2.75) is 45.6 Å². The van der Waals surface area contributed by atoms with E-state index in [-0.39, 0.29) is 11.7 Å². The van der Waals surface area contributed by atoms with Crippen LogP contribution in [-0.4, -0.2) is 17.0 Å². The van der Waals surface area contributed by atoms with Gasteiger partial charge in [-0.1, -0.05) is 30.4 Å². The van der Waals surface area contributed by atoms with Gasteiger partial charge in [0.05, 0.1) is 6.10 Å². The molecule has 0 aromatic carbocycles. The van der Waals surface area contributed by atoms with Crippen molar-refractivity contribution in [1.82, 2.24) is 0 Å². The van der Waals surface area contributed by atoms with Crippen LogP contribution in [0, 0.1) is 5.92 Å². The Labute approximate surface area is 104 Å². The monoisotopic (exact) mass is 234 g/mol. The van der Waals surface area contributed by atoms with E-state index in [4.69, 9.17) is 0 Å². The van der Waals surface area contributed by atoms with Gasteiger partial charge in [0, 0.05) is 6.42 Å². The summed E-state index contributed by atoms with van der Waals surface area (Å²) >= 11 is 0. The molecule has 2 nitrogen and oxygen atoms in total. The normalized spacial score (nSPS) is 21.9. The minimum Gasteiger partial charge on any atom is -0.389 e. The van der Waals surface area contributed by atoms with Gasteiger partial charge in [-0.25, -0.2) is 0 Å². The summed E-state index contributed by atoms with van der Waals surface area (Å²) in [4.78, 5) is 11.6. The predicted molar refractivity (Wildman–Crippen MR) is 70.7 cm³/mol. The van der Waals surface area contributed by atoms with Gasteiger partial charge >= 0.3 is 0 Å². The average Bonchev–Trinajstić information content (AvgIpc) is 2.28. The number of Topliss-reactive ketones (excluding diaryl/α,β-unsaturated/α-hetero) is 1. The lowest BCUT2D eigenvalue weighted by Crippen LogP contribution is -2.17. The quantitative estimate of drug-likeness (QED) is 0.742. The van der Waals surface area contributed by atoms with Crippen LogP contribution in [0.3, 0.4) is 0 Å². The number of ketones is 1. The van der Waals surface area contributed by atoms with E-state index < -0.39 is 6.10 Å². The molecule has 0 bridgehead atoms. The fourth-order valence-electron chi connectivity index (χ4n) is 1.98. The predicted octanol–water partition coefficient (Wildman–Crippen LogP) is 3.19. The largest absolute Gasteiger partial charge is 0.389 e. The minimum atomic E-state index is -0.455. The molecule has 0 heterocycles. The van der Waals surface area contributed by atoms with Crippen LogP contribution in [0.5, 0.6) is 0 Å². The molecular formula is C15H22O2. The van der Waals surface area contributed by atoms with Crippen LogP contribution in [0.2, 0.25) is 0 Å². The molecule has 1 aliphatic rings. The molecule has 0 radical (unpaired) electrons. The summed E-state index contributed by atoms with van der Waals surface area (Å²) < 4.78 is 0. The summed E-state index contributed by atoms with van der Waals surface area (Å²) in [5.41, 5.74) is 2.73. The van der Waals surface area contributed by atoms with Crippen molar-refractivity contribution in [2.24, 2.45) is 5.92 Å². The smallest absolute Gasteiger partial charge is 0.158 e. The third-order valence-electron chi connectivity index (χ3n) is 3.47. The second kappa shape index (κ2) is 5.97. The third kappa shape index (κ3) is 3.97. The molecule has 0 aromatic rings. The van der Waals surface area contributed by atoms with Crippen molar-refractivity contribution in [1.29, 1.82) is 0 Å². The number of hydrogen-bond acceptors (Lipinski definition) is 2. The van der Waals surface area contributed by atoms with Crippen molar-refractivity contribution in [3.8, 4) is 0 Å². The SMILES string of the molecule is C=C(CC[C@@H](O)C(=C)C)[C@@H]1CC=C(C)C(=O)C1. The van der Waals surface area contributed by atoms with Crippen LogP contribution >= 0.6 is 0 Å². The highest BCUT2D eigenvalue weighted by Crippen LogP contribution is 2.29. The fourth-order valence-corrected chi connectivity index (χ4v) is 1.98. The van der Waals surface area contributed by atoms with Crippen LogP contribution in [0.1, 0.15) is 39.5 Å². The average molecular weight is 234 g/mol. The van der Waals surface area contributed by atoms with Crippen molar-refractivity contribution >= 4 is 5.78 Å². The first-order valence-corrected chi connectivity index (χ1v) is 6.13. The zero-order valence-electron chi connectivity index (χ0n) is 10.8. The molecule has 0 saturated heterocycles. The Balaban J connectivity index is 2.45. The minimum absolute atomic E-state index is 0.225. The van der Waals surface area contributed by atoms with Gasteiger partial charge in [-0.05, 0) is 44.6 Å². The van der Waals surface area contributed by atoms with Gasteiger partial charge in [0.25, 0.3) is 0 Å². The topological polar surface area (TPSA) is 37.3 Å². The highest BCUT2D eigenvalue weighted by molar-refractivity contribution is 5.95. The summed E-state index contributed by atoms with van der Waals surface area (Å²) in [6, 6.07) is 0. The second-order valence-electron chi connectivity index (χ2n) is 5.01. The summed E-state index contributed by atoms with van der Waals surface area (Å²) in [5, 5.41) is 9.65. The lowest BCUT2D eigenvalue weighted by molar-refractivity contribution is -0.116. The number of rotatable bonds is 5. The van der Waals surface area contributed by atoms with E-state index in [1.165, 1.54) is 0 Å². The second-order valence-corrected chi connectivity index (χ2v) is 5.01. The number of aliphatic hydroxyl groups is 1. The molecular weight excluding hydrogens is 212 g/mol. The zero-order valence-corrected chi connectivity index (χ0v) is 10.8. The molecule has 1 aliphatic carbocycles. The van der Waals surface area contributed by atoms with Gasteiger partial charge in [0.1, 0.15) is 0 Å². The van der Waals surface area contributed by atoms with E-state index in [0.717, 1.165) is 29.6 Å². The highest BCUT2D eigenvalue weighted by atomic mass is 16.3. The van der Waals surface area contributed by atoms with Crippen LogP contribution in [0.25, 0.3) is 0 Å². The number of carbonyl (C=O) groups is 1. The maximum absolute atomic E-state index is 11.6. The molecule has 2 atom stereocenters. The third-order valence-corrected chi connectivity index (χ3v) is 3.47. The van der Waals surface area contributed by atoms with Crippen LogP contribution < -0.4 is 0 Å². The summed E-state index contributed by atoms with van der Waals surface area (Å²) in [6.45, 7) is 11.5. The van der Waals surface area contributed by atoms with Gasteiger partial charge in [-0.3, -0.25) is 4.79 Å². The molecule has 1 rings (SSSR count). The van der Waals surface area contributed by atoms with Gasteiger partial charge in [0.2, 0.25) is 0 Å². The summed E-state index contributed by atoms with van der Waals surface area (Å²) in [7, 11) is 0. The summed E-state index contributed by atoms with van der Waals surface area (Å²) in [5.74, 6) is 0.478. The fraction of sp³-hybridized carbons (Fsp3) is 0.533. The first kappa shape index (κ1) is 13.9. The lowest BCUT2D eigenvalue weighted by atomic mass is 9.82. The molecule has 1 N–H and O–H groups in total. The molecule has 2 heteroatoms. The molecule has 0 aromatic heterocycles. The van der Waals surface area contributed by atoms with E-state index in [9.17, 15) is 9.90 Å². The number of carbonyl (C=O) groups excluding carboxylic acids is 1. The Hall–Kier alpha value is -1.15. The molecule has 0 saturated carbocycles. The Morgan fingerprint density at radius 3 is 2.76 bits per heavy atom. The first-order valence-electron chi connectivity index (χ1n) is 6.13. The molecule has 94 valence electrons. The first-order chi connectivity index (χ1) is 7.91. The van der Waals surface area contributed by atoms with Crippen molar-refractivity contribution < 1.29 is 9.90 Å². The Morgan fingerprint density at radius 1 is 1.59 bits per heavy atom. The van der Waals surface area contributed by atoms with E-state index in [1.54, 1.807) is 0 Å². The maximum Gasteiger partial charge on any atom is 0.158 e. The van der Waals surface area contributed by atoms with Crippen LogP contribution in [-0.2, 0) is 4.79 Å². The summed E-state index contributed by atoms with van der Waals surface area (Å²) in [6.07, 6.45) is 4.43. The van der Waals surface area contributed by atoms with E-state index in [1.807, 2.05) is 19.9 Å². The highest BCUT2D eigenvalue weighted by Gasteiger charge is 2.21. The molecule has 17 heavy (non-hydrogen) atoms. The standard InChI is InChI=1S/C15H22O2/c1-10(2)14(16)8-6-11(3)13-7-5-12(4)15(17)9-13/h5,13-14,16H,1,3,6-9H2,2,4H3/t13-,14-/m1/s1. The Kier molecular flexibility index (Phi) is 4.88. The Morgan fingerprint density at radius 2 is 2.24 bits per heavy atom. The zero-order chi connectivity index (χ0) is 13.0. The Bertz CT molecular complexity index is 363. The van der Waals surface area contributed by atoms with Crippen molar-refractivity contribution in [2.75, 3.05) is 0 Å². The van der Waals surface area contributed by atoms with Gasteiger partial charge in [0.15, 0.2) is 5.78 Å². The molecule has 0 aliphatic heterocycles. The molecule has 0 fully saturated rings. The van der Waals surface area contributed by atoms with E-state index in [2.05, 4.69) is 13.2 Å². The maximum atomic E-state index is 11.6. The number of allylic oxidation sites excluding steroid dienone is 3. The van der Waals surface area contributed by atoms with Crippen LogP contribution in [0.4, 0.5) is 0 Å². The lowest BCUT2D eigenvalue weighted by Gasteiger charge is -2.22. The van der Waals surface area contributed by atoms with Crippen molar-refractivity contribution in [3.63, 3.8) is 0 Å². The number of hydrogen-bond donors (Lipinski definition) is 1. The van der Waals surface area contributed by atoms with Gasteiger partial charge in [-0.2, -0.15) is 0 Å². The van der Waals surface area contributed by atoms with Gasteiger partial charge < -0.3 is 5.11 Å². The molecule has 0 spiro atoms. The van der Waals surface area contributed by atoms with Gasteiger partial charge in [-0.15, -0.1) is 0 Å².